The number of nitrogen functional groups attached to an aromatic ring is 1. The molecule has 1 aliphatic rings. The standard InChI is InChI=1S/C14H25N5O2/c1-3-19-12(15)11(13(20)17-14(19)21)16-9-10(2)18-7-5-4-6-8-18/h10,16H,3-9,15H2,1-2H3,(H,17,20,21). The van der Waals surface area contributed by atoms with Gasteiger partial charge in [0, 0.05) is 19.1 Å². The van der Waals surface area contributed by atoms with Crippen LogP contribution in [0.1, 0.15) is 33.1 Å². The minimum Gasteiger partial charge on any atom is -0.383 e. The molecule has 1 fully saturated rings. The van der Waals surface area contributed by atoms with Crippen molar-refractivity contribution < 1.29 is 0 Å². The number of aromatic nitrogens is 2. The molecule has 2 heterocycles. The smallest absolute Gasteiger partial charge is 0.330 e. The Labute approximate surface area is 124 Å². The third kappa shape index (κ3) is 3.47. The first kappa shape index (κ1) is 15.6. The van der Waals surface area contributed by atoms with Gasteiger partial charge in [-0.25, -0.2) is 4.79 Å². The fourth-order valence-corrected chi connectivity index (χ4v) is 2.81. The molecule has 0 bridgehead atoms. The molecule has 0 amide bonds. The zero-order valence-corrected chi connectivity index (χ0v) is 12.8. The number of anilines is 2. The van der Waals surface area contributed by atoms with Crippen LogP contribution in [-0.4, -0.2) is 40.1 Å². The van der Waals surface area contributed by atoms with Gasteiger partial charge in [-0.05, 0) is 39.8 Å². The van der Waals surface area contributed by atoms with Gasteiger partial charge in [-0.15, -0.1) is 0 Å². The SMILES string of the molecule is CCn1c(N)c(NCC(C)N2CCCCC2)c(=O)[nH]c1=O. The number of H-pyrrole nitrogens is 1. The zero-order valence-electron chi connectivity index (χ0n) is 12.8. The van der Waals surface area contributed by atoms with E-state index in [-0.39, 0.29) is 5.82 Å². The van der Waals surface area contributed by atoms with Crippen molar-refractivity contribution >= 4 is 11.5 Å². The van der Waals surface area contributed by atoms with Crippen LogP contribution in [0.3, 0.4) is 0 Å². The number of rotatable bonds is 5. The van der Waals surface area contributed by atoms with Crippen molar-refractivity contribution in [2.75, 3.05) is 30.7 Å². The average molecular weight is 295 g/mol. The number of hydrogen-bond donors (Lipinski definition) is 3. The highest BCUT2D eigenvalue weighted by atomic mass is 16.2. The third-order valence-electron chi connectivity index (χ3n) is 4.14. The van der Waals surface area contributed by atoms with Gasteiger partial charge in [0.25, 0.3) is 5.56 Å². The Kier molecular flexibility index (Phi) is 5.06. The second-order valence-corrected chi connectivity index (χ2v) is 5.59. The summed E-state index contributed by atoms with van der Waals surface area (Å²) >= 11 is 0. The van der Waals surface area contributed by atoms with Crippen molar-refractivity contribution in [2.24, 2.45) is 0 Å². The molecule has 118 valence electrons. The number of nitrogens with two attached hydrogens (primary N) is 1. The van der Waals surface area contributed by atoms with E-state index in [9.17, 15) is 9.59 Å². The summed E-state index contributed by atoms with van der Waals surface area (Å²) in [6.45, 7) is 7.22. The lowest BCUT2D eigenvalue weighted by molar-refractivity contribution is 0.180. The molecular formula is C14H25N5O2. The minimum absolute atomic E-state index is 0.206. The van der Waals surface area contributed by atoms with Crippen LogP contribution >= 0.6 is 0 Å². The molecule has 7 heteroatoms. The van der Waals surface area contributed by atoms with E-state index in [2.05, 4.69) is 22.1 Å². The molecule has 0 spiro atoms. The molecule has 1 aromatic heterocycles. The van der Waals surface area contributed by atoms with E-state index in [1.54, 1.807) is 0 Å². The summed E-state index contributed by atoms with van der Waals surface area (Å²) in [5, 5.41) is 3.11. The second kappa shape index (κ2) is 6.80. The molecular weight excluding hydrogens is 270 g/mol. The van der Waals surface area contributed by atoms with Crippen LogP contribution < -0.4 is 22.3 Å². The molecule has 2 rings (SSSR count). The summed E-state index contributed by atoms with van der Waals surface area (Å²) in [6.07, 6.45) is 3.76. The van der Waals surface area contributed by atoms with Crippen LogP contribution in [0.2, 0.25) is 0 Å². The molecule has 21 heavy (non-hydrogen) atoms. The van der Waals surface area contributed by atoms with Crippen molar-refractivity contribution in [1.82, 2.24) is 14.5 Å². The molecule has 1 saturated heterocycles. The summed E-state index contributed by atoms with van der Waals surface area (Å²) in [7, 11) is 0. The maximum Gasteiger partial charge on any atom is 0.330 e. The van der Waals surface area contributed by atoms with Crippen molar-refractivity contribution in [3.05, 3.63) is 20.8 Å². The van der Waals surface area contributed by atoms with Crippen LogP contribution in [0.4, 0.5) is 11.5 Å². The lowest BCUT2D eigenvalue weighted by atomic mass is 10.1. The maximum atomic E-state index is 11.9. The van der Waals surface area contributed by atoms with Crippen LogP contribution in [0.15, 0.2) is 9.59 Å². The van der Waals surface area contributed by atoms with Gasteiger partial charge in [-0.2, -0.15) is 0 Å². The van der Waals surface area contributed by atoms with Gasteiger partial charge >= 0.3 is 5.69 Å². The summed E-state index contributed by atoms with van der Waals surface area (Å²) < 4.78 is 1.36. The average Bonchev–Trinajstić information content (AvgIpc) is 2.47. The molecule has 7 nitrogen and oxygen atoms in total. The molecule has 1 unspecified atom stereocenters. The number of piperidine rings is 1. The Morgan fingerprint density at radius 3 is 2.57 bits per heavy atom. The van der Waals surface area contributed by atoms with Crippen molar-refractivity contribution in [2.45, 2.75) is 45.7 Å². The fourth-order valence-electron chi connectivity index (χ4n) is 2.81. The van der Waals surface area contributed by atoms with Gasteiger partial charge < -0.3 is 11.1 Å². The summed E-state index contributed by atoms with van der Waals surface area (Å²) in [5.74, 6) is 0.206. The van der Waals surface area contributed by atoms with Gasteiger partial charge in [0.2, 0.25) is 0 Å². The molecule has 1 atom stereocenters. The van der Waals surface area contributed by atoms with Gasteiger partial charge in [-0.3, -0.25) is 19.2 Å². The summed E-state index contributed by atoms with van der Waals surface area (Å²) in [6, 6.07) is 0.325. The van der Waals surface area contributed by atoms with E-state index in [0.29, 0.717) is 24.8 Å². The topological polar surface area (TPSA) is 96.2 Å². The van der Waals surface area contributed by atoms with Crippen LogP contribution in [0, 0.1) is 0 Å². The molecule has 4 N–H and O–H groups in total. The van der Waals surface area contributed by atoms with Crippen molar-refractivity contribution in [3.8, 4) is 0 Å². The van der Waals surface area contributed by atoms with E-state index in [4.69, 9.17) is 5.73 Å². The van der Waals surface area contributed by atoms with Gasteiger partial charge in [0.1, 0.15) is 11.5 Å². The van der Waals surface area contributed by atoms with Crippen LogP contribution in [0.5, 0.6) is 0 Å². The van der Waals surface area contributed by atoms with Gasteiger partial charge in [0.15, 0.2) is 0 Å². The van der Waals surface area contributed by atoms with Crippen LogP contribution in [0.25, 0.3) is 0 Å². The third-order valence-corrected chi connectivity index (χ3v) is 4.14. The molecule has 1 aliphatic heterocycles. The Morgan fingerprint density at radius 2 is 1.95 bits per heavy atom. The Morgan fingerprint density at radius 1 is 1.29 bits per heavy atom. The van der Waals surface area contributed by atoms with Crippen molar-refractivity contribution in [3.63, 3.8) is 0 Å². The first-order valence-corrected chi connectivity index (χ1v) is 7.65. The highest BCUT2D eigenvalue weighted by Gasteiger charge is 2.18. The predicted octanol–water partition coefficient (Wildman–Crippen LogP) is 0.425. The fraction of sp³-hybridized carbons (Fsp3) is 0.714. The molecule has 0 aromatic carbocycles. The molecule has 0 saturated carbocycles. The Hall–Kier alpha value is -1.76. The first-order chi connectivity index (χ1) is 10.0. The summed E-state index contributed by atoms with van der Waals surface area (Å²) in [4.78, 5) is 28.2. The van der Waals surface area contributed by atoms with E-state index in [1.165, 1.54) is 23.8 Å². The van der Waals surface area contributed by atoms with E-state index in [0.717, 1.165) is 13.1 Å². The number of nitrogens with zero attached hydrogens (tertiary/aromatic N) is 2. The zero-order chi connectivity index (χ0) is 15.4. The number of aromatic amines is 1. The minimum atomic E-state index is -0.463. The van der Waals surface area contributed by atoms with Crippen LogP contribution in [-0.2, 0) is 6.54 Å². The normalized spacial score (nSPS) is 17.6. The lowest BCUT2D eigenvalue weighted by Gasteiger charge is -2.32. The monoisotopic (exact) mass is 295 g/mol. The molecule has 0 radical (unpaired) electrons. The molecule has 0 aliphatic carbocycles. The quantitative estimate of drug-likeness (QED) is 0.732. The van der Waals surface area contributed by atoms with Gasteiger partial charge in [-0.1, -0.05) is 6.42 Å². The first-order valence-electron chi connectivity index (χ1n) is 7.65. The largest absolute Gasteiger partial charge is 0.383 e. The number of likely N-dealkylation sites (tertiary alicyclic amines) is 1. The predicted molar refractivity (Wildman–Crippen MR) is 84.8 cm³/mol. The van der Waals surface area contributed by atoms with E-state index < -0.39 is 11.2 Å². The van der Waals surface area contributed by atoms with Gasteiger partial charge in [0.05, 0.1) is 0 Å². The summed E-state index contributed by atoms with van der Waals surface area (Å²) in [5.41, 5.74) is 5.30. The highest BCUT2D eigenvalue weighted by Crippen LogP contribution is 2.14. The number of nitrogens with one attached hydrogen (secondary N) is 2. The van der Waals surface area contributed by atoms with E-state index >= 15 is 0 Å². The van der Waals surface area contributed by atoms with E-state index in [1.807, 2.05) is 6.92 Å². The van der Waals surface area contributed by atoms with Crippen molar-refractivity contribution in [1.29, 1.82) is 0 Å². The molecule has 1 aromatic rings. The number of hydrogen-bond acceptors (Lipinski definition) is 5. The Bertz CT molecular complexity index is 586. The Balaban J connectivity index is 2.09. The highest BCUT2D eigenvalue weighted by molar-refractivity contribution is 5.60. The lowest BCUT2D eigenvalue weighted by Crippen LogP contribution is -2.42. The maximum absolute atomic E-state index is 11.9. The second-order valence-electron chi connectivity index (χ2n) is 5.59.